The standard InChI is InChI=1S/C37H55N3O7/c1-13-23(2)29(39-34(45)47-37(10,11)12)32(43)40(35(4,5)6)30(26-19-20-28(41)24(3)21-26)31(42)38-27(33(44)46-36(7,8)9)22-25-17-15-14-16-18-25/h14-21,23,27,29-30,41H,13,22H2,1-12H3,(H,38,42)(H,39,45). The molecule has 0 aliphatic carbocycles. The van der Waals surface area contributed by atoms with Gasteiger partial charge >= 0.3 is 12.1 Å². The zero-order valence-corrected chi connectivity index (χ0v) is 30.2. The highest BCUT2D eigenvalue weighted by molar-refractivity contribution is 5.94. The first kappa shape index (κ1) is 39.1. The molecule has 0 heterocycles. The van der Waals surface area contributed by atoms with Gasteiger partial charge in [0.05, 0.1) is 0 Å². The molecule has 0 radical (unpaired) electrons. The Morgan fingerprint density at radius 3 is 1.91 bits per heavy atom. The quantitative estimate of drug-likeness (QED) is 0.240. The van der Waals surface area contributed by atoms with Gasteiger partial charge in [-0.25, -0.2) is 9.59 Å². The summed E-state index contributed by atoms with van der Waals surface area (Å²) in [5, 5.41) is 16.0. The molecule has 0 saturated heterocycles. The van der Waals surface area contributed by atoms with E-state index in [1.165, 1.54) is 11.0 Å². The average molecular weight is 654 g/mol. The van der Waals surface area contributed by atoms with Gasteiger partial charge in [0.25, 0.3) is 0 Å². The van der Waals surface area contributed by atoms with E-state index < -0.39 is 58.7 Å². The van der Waals surface area contributed by atoms with Crippen molar-refractivity contribution in [2.45, 2.75) is 131 Å². The fourth-order valence-electron chi connectivity index (χ4n) is 5.05. The number of hydrogen-bond acceptors (Lipinski definition) is 7. The van der Waals surface area contributed by atoms with Crippen LogP contribution in [0.5, 0.6) is 5.75 Å². The van der Waals surface area contributed by atoms with Crippen molar-refractivity contribution in [2.75, 3.05) is 0 Å². The third kappa shape index (κ3) is 11.9. The summed E-state index contributed by atoms with van der Waals surface area (Å²) in [5.41, 5.74) is -0.827. The number of rotatable bonds is 11. The van der Waals surface area contributed by atoms with E-state index in [0.717, 1.165) is 5.56 Å². The number of carbonyl (C=O) groups is 4. The SMILES string of the molecule is CCC(C)C(NC(=O)OC(C)(C)C)C(=O)N(C(C(=O)NC(Cc1ccccc1)C(=O)OC(C)(C)C)c1ccc(O)c(C)c1)C(C)(C)C. The summed E-state index contributed by atoms with van der Waals surface area (Å²) < 4.78 is 11.2. The topological polar surface area (TPSA) is 134 Å². The number of nitrogens with one attached hydrogen (secondary N) is 2. The highest BCUT2D eigenvalue weighted by atomic mass is 16.6. The molecule has 0 fully saturated rings. The van der Waals surface area contributed by atoms with Crippen molar-refractivity contribution >= 4 is 23.9 Å². The zero-order valence-electron chi connectivity index (χ0n) is 30.2. The largest absolute Gasteiger partial charge is 0.508 e. The second-order valence-corrected chi connectivity index (χ2v) is 15.1. The molecule has 4 atom stereocenters. The van der Waals surface area contributed by atoms with E-state index in [1.807, 2.05) is 44.2 Å². The number of phenols is 1. The Morgan fingerprint density at radius 2 is 1.43 bits per heavy atom. The zero-order chi connectivity index (χ0) is 35.9. The first-order chi connectivity index (χ1) is 21.5. The third-order valence-corrected chi connectivity index (χ3v) is 7.44. The monoisotopic (exact) mass is 653 g/mol. The van der Waals surface area contributed by atoms with Crippen LogP contribution in [-0.2, 0) is 30.3 Å². The molecule has 3 amide bonds. The molecule has 0 aliphatic rings. The van der Waals surface area contributed by atoms with E-state index in [-0.39, 0.29) is 18.1 Å². The van der Waals surface area contributed by atoms with Gasteiger partial charge in [0.1, 0.15) is 35.1 Å². The van der Waals surface area contributed by atoms with Crippen LogP contribution in [0.1, 0.15) is 105 Å². The van der Waals surface area contributed by atoms with E-state index in [1.54, 1.807) is 81.4 Å². The maximum Gasteiger partial charge on any atom is 0.408 e. The molecule has 10 heteroatoms. The van der Waals surface area contributed by atoms with Crippen LogP contribution >= 0.6 is 0 Å². The van der Waals surface area contributed by atoms with Gasteiger partial charge in [-0.05, 0) is 104 Å². The number of esters is 1. The minimum absolute atomic E-state index is 0.0290. The van der Waals surface area contributed by atoms with Crippen LogP contribution in [0.15, 0.2) is 48.5 Å². The number of aryl methyl sites for hydroxylation is 1. The Bertz CT molecular complexity index is 1390. The van der Waals surface area contributed by atoms with Gasteiger partial charge in [0.15, 0.2) is 0 Å². The van der Waals surface area contributed by atoms with E-state index in [4.69, 9.17) is 9.47 Å². The van der Waals surface area contributed by atoms with Gasteiger partial charge in [-0.1, -0.05) is 56.7 Å². The highest BCUT2D eigenvalue weighted by Gasteiger charge is 2.44. The summed E-state index contributed by atoms with van der Waals surface area (Å²) in [4.78, 5) is 57.2. The lowest BCUT2D eigenvalue weighted by molar-refractivity contribution is -0.159. The molecule has 10 nitrogen and oxygen atoms in total. The molecule has 2 rings (SSSR count). The van der Waals surface area contributed by atoms with Gasteiger partial charge in [-0.3, -0.25) is 9.59 Å². The van der Waals surface area contributed by atoms with Crippen molar-refractivity contribution in [3.63, 3.8) is 0 Å². The Balaban J connectivity index is 2.71. The second-order valence-electron chi connectivity index (χ2n) is 15.1. The Labute approximate surface area is 280 Å². The number of ether oxygens (including phenoxy) is 2. The number of phenolic OH excluding ortho intramolecular Hbond substituents is 1. The van der Waals surface area contributed by atoms with E-state index in [2.05, 4.69) is 10.6 Å². The minimum Gasteiger partial charge on any atom is -0.508 e. The van der Waals surface area contributed by atoms with Gasteiger partial charge < -0.3 is 30.1 Å². The summed E-state index contributed by atoms with van der Waals surface area (Å²) in [6.07, 6.45) is -0.0431. The van der Waals surface area contributed by atoms with Crippen LogP contribution in [0.4, 0.5) is 4.79 Å². The molecule has 0 saturated carbocycles. The van der Waals surface area contributed by atoms with Gasteiger partial charge in [-0.2, -0.15) is 0 Å². The molecular weight excluding hydrogens is 598 g/mol. The highest BCUT2D eigenvalue weighted by Crippen LogP contribution is 2.33. The van der Waals surface area contributed by atoms with Crippen molar-refractivity contribution < 1.29 is 33.8 Å². The number of amides is 3. The Kier molecular flexibility index (Phi) is 13.0. The number of nitrogens with zero attached hydrogens (tertiary/aromatic N) is 1. The molecule has 2 aromatic rings. The van der Waals surface area contributed by atoms with E-state index >= 15 is 0 Å². The number of alkyl carbamates (subject to hydrolysis) is 1. The normalized spacial score (nSPS) is 14.6. The van der Waals surface area contributed by atoms with Crippen molar-refractivity contribution in [3.8, 4) is 5.75 Å². The Morgan fingerprint density at radius 1 is 0.851 bits per heavy atom. The molecule has 3 N–H and O–H groups in total. The van der Waals surface area contributed by atoms with Crippen molar-refractivity contribution in [1.29, 1.82) is 0 Å². The summed E-state index contributed by atoms with van der Waals surface area (Å²) in [6, 6.07) is 10.6. The maximum absolute atomic E-state index is 14.7. The van der Waals surface area contributed by atoms with E-state index in [0.29, 0.717) is 17.5 Å². The van der Waals surface area contributed by atoms with Crippen LogP contribution in [0.3, 0.4) is 0 Å². The molecule has 260 valence electrons. The first-order valence-corrected chi connectivity index (χ1v) is 16.2. The second kappa shape index (κ2) is 15.7. The number of carbonyl (C=O) groups excluding carboxylic acids is 4. The minimum atomic E-state index is -1.26. The molecule has 0 spiro atoms. The number of aromatic hydroxyl groups is 1. The molecule has 0 bridgehead atoms. The maximum atomic E-state index is 14.7. The smallest absolute Gasteiger partial charge is 0.408 e. The van der Waals surface area contributed by atoms with E-state index in [9.17, 15) is 24.3 Å². The number of benzene rings is 2. The van der Waals surface area contributed by atoms with Crippen molar-refractivity contribution in [2.24, 2.45) is 5.92 Å². The first-order valence-electron chi connectivity index (χ1n) is 16.2. The summed E-state index contributed by atoms with van der Waals surface area (Å²) in [5.74, 6) is -2.03. The predicted octanol–water partition coefficient (Wildman–Crippen LogP) is 6.38. The van der Waals surface area contributed by atoms with Crippen molar-refractivity contribution in [1.82, 2.24) is 15.5 Å². The lowest BCUT2D eigenvalue weighted by atomic mass is 9.91. The molecule has 2 aromatic carbocycles. The lowest BCUT2D eigenvalue weighted by Gasteiger charge is -2.44. The van der Waals surface area contributed by atoms with Crippen LogP contribution in [0, 0.1) is 12.8 Å². The number of hydrogen-bond donors (Lipinski definition) is 3. The Hall–Kier alpha value is -4.08. The van der Waals surface area contributed by atoms with Crippen LogP contribution in [0.25, 0.3) is 0 Å². The lowest BCUT2D eigenvalue weighted by Crippen LogP contribution is -2.61. The average Bonchev–Trinajstić information content (AvgIpc) is 2.93. The van der Waals surface area contributed by atoms with Crippen LogP contribution < -0.4 is 10.6 Å². The predicted molar refractivity (Wildman–Crippen MR) is 183 cm³/mol. The van der Waals surface area contributed by atoms with Gasteiger partial charge in [0.2, 0.25) is 11.8 Å². The fourth-order valence-corrected chi connectivity index (χ4v) is 5.05. The summed E-state index contributed by atoms with van der Waals surface area (Å²) >= 11 is 0. The molecule has 4 unspecified atom stereocenters. The molecule has 0 aromatic heterocycles. The van der Waals surface area contributed by atoms with Gasteiger partial charge in [0, 0.05) is 12.0 Å². The van der Waals surface area contributed by atoms with Gasteiger partial charge in [-0.15, -0.1) is 0 Å². The third-order valence-electron chi connectivity index (χ3n) is 7.44. The van der Waals surface area contributed by atoms with Crippen LogP contribution in [0.2, 0.25) is 0 Å². The fraction of sp³-hybridized carbons (Fsp3) is 0.568. The summed E-state index contributed by atoms with van der Waals surface area (Å²) in [6.45, 7) is 21.3. The van der Waals surface area contributed by atoms with Crippen LogP contribution in [-0.4, -0.2) is 62.7 Å². The molecule has 0 aliphatic heterocycles. The van der Waals surface area contributed by atoms with Crippen molar-refractivity contribution in [3.05, 3.63) is 65.2 Å². The molecular formula is C37H55N3O7. The summed E-state index contributed by atoms with van der Waals surface area (Å²) in [7, 11) is 0. The molecule has 47 heavy (non-hydrogen) atoms.